The van der Waals surface area contributed by atoms with Crippen LogP contribution in [0.1, 0.15) is 31.0 Å². The zero-order valence-electron chi connectivity index (χ0n) is 13.8. The molecule has 0 aromatic heterocycles. The van der Waals surface area contributed by atoms with E-state index in [1.54, 1.807) is 12.1 Å². The van der Waals surface area contributed by atoms with Crippen molar-refractivity contribution in [2.75, 3.05) is 11.9 Å². The largest absolute Gasteiger partial charge is 0.325 e. The van der Waals surface area contributed by atoms with Gasteiger partial charge in [-0.05, 0) is 42.7 Å². The second-order valence-electron chi connectivity index (χ2n) is 6.07. The van der Waals surface area contributed by atoms with Crippen LogP contribution in [0.4, 0.5) is 10.1 Å². The molecule has 2 rings (SSSR count). The molecule has 3 nitrogen and oxygen atoms in total. The van der Waals surface area contributed by atoms with Crippen molar-refractivity contribution in [2.45, 2.75) is 26.8 Å². The third kappa shape index (κ3) is 5.18. The molecule has 0 aliphatic carbocycles. The van der Waals surface area contributed by atoms with Crippen LogP contribution in [0, 0.1) is 18.7 Å². The van der Waals surface area contributed by atoms with E-state index in [0.717, 1.165) is 16.8 Å². The third-order valence-electron chi connectivity index (χ3n) is 3.71. The molecule has 2 aromatic rings. The molecule has 2 aromatic carbocycles. The average Bonchev–Trinajstić information content (AvgIpc) is 2.51. The van der Waals surface area contributed by atoms with E-state index in [9.17, 15) is 9.18 Å². The summed E-state index contributed by atoms with van der Waals surface area (Å²) in [5.41, 5.74) is 2.91. The molecule has 0 radical (unpaired) electrons. The fraction of sp³-hybridized carbons (Fsp3) is 0.316. The Hall–Kier alpha value is -2.20. The summed E-state index contributed by atoms with van der Waals surface area (Å²) >= 11 is 0. The number of carbonyl (C=O) groups is 1. The van der Waals surface area contributed by atoms with Gasteiger partial charge < -0.3 is 10.6 Å². The van der Waals surface area contributed by atoms with Crippen LogP contribution >= 0.6 is 0 Å². The van der Waals surface area contributed by atoms with Crippen LogP contribution < -0.4 is 10.6 Å². The van der Waals surface area contributed by atoms with Crippen molar-refractivity contribution in [3.05, 3.63) is 65.5 Å². The number of amides is 1. The standard InChI is InChI=1S/C19H23FN2O/c1-13(2)19(15-6-8-16(20)9-7-15)21-12-18(23)22-17-10-4-14(3)5-11-17/h4-11,13,19,21H,12H2,1-3H3,(H,22,23)/t19-/m0/s1. The van der Waals surface area contributed by atoms with Crippen LogP contribution in [-0.2, 0) is 4.79 Å². The summed E-state index contributed by atoms with van der Waals surface area (Å²) in [5, 5.41) is 6.11. The lowest BCUT2D eigenvalue weighted by Gasteiger charge is -2.22. The monoisotopic (exact) mass is 314 g/mol. The molecular formula is C19H23FN2O. The molecule has 0 saturated heterocycles. The Morgan fingerprint density at radius 1 is 1.04 bits per heavy atom. The number of carbonyl (C=O) groups excluding carboxylic acids is 1. The van der Waals surface area contributed by atoms with E-state index in [2.05, 4.69) is 24.5 Å². The van der Waals surface area contributed by atoms with Gasteiger partial charge in [-0.15, -0.1) is 0 Å². The zero-order chi connectivity index (χ0) is 16.8. The summed E-state index contributed by atoms with van der Waals surface area (Å²) in [7, 11) is 0. The molecule has 0 fully saturated rings. The van der Waals surface area contributed by atoms with Gasteiger partial charge in [0.15, 0.2) is 0 Å². The second-order valence-corrected chi connectivity index (χ2v) is 6.07. The number of aryl methyl sites for hydroxylation is 1. The molecule has 2 N–H and O–H groups in total. The summed E-state index contributed by atoms with van der Waals surface area (Å²) in [6, 6.07) is 14.1. The predicted octanol–water partition coefficient (Wildman–Crippen LogP) is 4.06. The van der Waals surface area contributed by atoms with Gasteiger partial charge in [-0.3, -0.25) is 4.79 Å². The average molecular weight is 314 g/mol. The highest BCUT2D eigenvalue weighted by atomic mass is 19.1. The highest BCUT2D eigenvalue weighted by Gasteiger charge is 2.16. The third-order valence-corrected chi connectivity index (χ3v) is 3.71. The molecule has 1 amide bonds. The predicted molar refractivity (Wildman–Crippen MR) is 91.8 cm³/mol. The molecule has 0 saturated carbocycles. The number of halogens is 1. The Balaban J connectivity index is 1.94. The Labute approximate surface area is 136 Å². The number of nitrogens with one attached hydrogen (secondary N) is 2. The molecule has 0 aliphatic heterocycles. The Kier molecular flexibility index (Phi) is 5.88. The molecule has 23 heavy (non-hydrogen) atoms. The van der Waals surface area contributed by atoms with Gasteiger partial charge >= 0.3 is 0 Å². The number of hydrogen-bond donors (Lipinski definition) is 2. The van der Waals surface area contributed by atoms with Crippen molar-refractivity contribution in [2.24, 2.45) is 5.92 Å². The van der Waals surface area contributed by atoms with Gasteiger partial charge in [-0.1, -0.05) is 43.7 Å². The number of anilines is 1. The van der Waals surface area contributed by atoms with E-state index >= 15 is 0 Å². The lowest BCUT2D eigenvalue weighted by atomic mass is 9.96. The SMILES string of the molecule is Cc1ccc(NC(=O)CN[C@H](c2ccc(F)cc2)C(C)C)cc1. The maximum atomic E-state index is 13.1. The summed E-state index contributed by atoms with van der Waals surface area (Å²) in [6.07, 6.45) is 0. The van der Waals surface area contributed by atoms with Gasteiger partial charge in [-0.25, -0.2) is 4.39 Å². The zero-order valence-corrected chi connectivity index (χ0v) is 13.8. The van der Waals surface area contributed by atoms with E-state index in [0.29, 0.717) is 0 Å². The molecule has 0 spiro atoms. The van der Waals surface area contributed by atoms with Crippen LogP contribution in [0.25, 0.3) is 0 Å². The fourth-order valence-corrected chi connectivity index (χ4v) is 2.45. The van der Waals surface area contributed by atoms with Crippen LogP contribution in [0.3, 0.4) is 0 Å². The first-order chi connectivity index (χ1) is 11.0. The Morgan fingerprint density at radius 2 is 1.65 bits per heavy atom. The van der Waals surface area contributed by atoms with Crippen molar-refractivity contribution < 1.29 is 9.18 Å². The van der Waals surface area contributed by atoms with Crippen LogP contribution in [0.2, 0.25) is 0 Å². The minimum atomic E-state index is -0.256. The van der Waals surface area contributed by atoms with Gasteiger partial charge in [0.25, 0.3) is 0 Å². The van der Waals surface area contributed by atoms with E-state index < -0.39 is 0 Å². The molecule has 0 heterocycles. The Morgan fingerprint density at radius 3 is 2.22 bits per heavy atom. The molecule has 0 bridgehead atoms. The maximum absolute atomic E-state index is 13.1. The maximum Gasteiger partial charge on any atom is 0.238 e. The van der Waals surface area contributed by atoms with Crippen LogP contribution in [0.5, 0.6) is 0 Å². The van der Waals surface area contributed by atoms with Gasteiger partial charge in [0.05, 0.1) is 6.54 Å². The summed E-state index contributed by atoms with van der Waals surface area (Å²) < 4.78 is 13.1. The van der Waals surface area contributed by atoms with Crippen molar-refractivity contribution in [1.29, 1.82) is 0 Å². The number of hydrogen-bond acceptors (Lipinski definition) is 2. The van der Waals surface area contributed by atoms with Crippen molar-refractivity contribution in [3.8, 4) is 0 Å². The van der Waals surface area contributed by atoms with Crippen LogP contribution in [0.15, 0.2) is 48.5 Å². The fourth-order valence-electron chi connectivity index (χ4n) is 2.45. The smallest absolute Gasteiger partial charge is 0.238 e. The molecule has 0 unspecified atom stereocenters. The van der Waals surface area contributed by atoms with Crippen LogP contribution in [-0.4, -0.2) is 12.5 Å². The van der Waals surface area contributed by atoms with Gasteiger partial charge in [0.2, 0.25) is 5.91 Å². The first-order valence-electron chi connectivity index (χ1n) is 7.81. The molecule has 0 aliphatic rings. The first-order valence-corrected chi connectivity index (χ1v) is 7.81. The van der Waals surface area contributed by atoms with Gasteiger partial charge in [-0.2, -0.15) is 0 Å². The molecule has 1 atom stereocenters. The minimum absolute atomic E-state index is 0.000585. The van der Waals surface area contributed by atoms with E-state index in [4.69, 9.17) is 0 Å². The molecular weight excluding hydrogens is 291 g/mol. The minimum Gasteiger partial charge on any atom is -0.325 e. The Bertz CT molecular complexity index is 635. The topological polar surface area (TPSA) is 41.1 Å². The first kappa shape index (κ1) is 17.2. The van der Waals surface area contributed by atoms with Crippen molar-refractivity contribution in [1.82, 2.24) is 5.32 Å². The number of rotatable bonds is 6. The summed E-state index contributed by atoms with van der Waals surface area (Å²) in [5.74, 6) is -0.0670. The highest BCUT2D eigenvalue weighted by Crippen LogP contribution is 2.21. The molecule has 4 heteroatoms. The molecule has 122 valence electrons. The summed E-state index contributed by atoms with van der Waals surface area (Å²) in [4.78, 5) is 12.1. The van der Waals surface area contributed by atoms with Crippen molar-refractivity contribution >= 4 is 11.6 Å². The van der Waals surface area contributed by atoms with Gasteiger partial charge in [0, 0.05) is 11.7 Å². The summed E-state index contributed by atoms with van der Waals surface area (Å²) in [6.45, 7) is 6.34. The highest BCUT2D eigenvalue weighted by molar-refractivity contribution is 5.92. The number of benzene rings is 2. The second kappa shape index (κ2) is 7.88. The van der Waals surface area contributed by atoms with E-state index in [1.165, 1.54) is 12.1 Å². The lowest BCUT2D eigenvalue weighted by molar-refractivity contribution is -0.115. The van der Waals surface area contributed by atoms with Gasteiger partial charge in [0.1, 0.15) is 5.82 Å². The van der Waals surface area contributed by atoms with Crippen molar-refractivity contribution in [3.63, 3.8) is 0 Å². The normalized spacial score (nSPS) is 12.2. The quantitative estimate of drug-likeness (QED) is 0.844. The van der Waals surface area contributed by atoms with E-state index in [1.807, 2.05) is 31.2 Å². The van der Waals surface area contributed by atoms with E-state index in [-0.39, 0.29) is 30.2 Å². The lowest BCUT2D eigenvalue weighted by Crippen LogP contribution is -2.33.